The summed E-state index contributed by atoms with van der Waals surface area (Å²) in [6.07, 6.45) is 2.33. The fraction of sp³-hybridized carbons (Fsp3) is 0.471. The van der Waals surface area contributed by atoms with E-state index in [1.165, 1.54) is 22.7 Å². The average molecular weight is 364 g/mol. The minimum absolute atomic E-state index is 0.0401. The zero-order valence-corrected chi connectivity index (χ0v) is 15.7. The number of piperazine rings is 1. The predicted octanol–water partition coefficient (Wildman–Crippen LogP) is 0.671. The van der Waals surface area contributed by atoms with E-state index >= 15 is 0 Å². The van der Waals surface area contributed by atoms with Crippen molar-refractivity contribution in [2.75, 3.05) is 40.3 Å². The SMILES string of the molecule is CN(C)S(=O)(=O)N1CCN(C(=O)Cc2cn(C)c3ccccc23)CC1. The average Bonchev–Trinajstić information content (AvgIpc) is 2.91. The van der Waals surface area contributed by atoms with Gasteiger partial charge < -0.3 is 9.47 Å². The van der Waals surface area contributed by atoms with Crippen LogP contribution in [0.5, 0.6) is 0 Å². The summed E-state index contributed by atoms with van der Waals surface area (Å²) in [5.41, 5.74) is 2.11. The molecule has 2 heterocycles. The van der Waals surface area contributed by atoms with Crippen molar-refractivity contribution in [1.29, 1.82) is 0 Å². The van der Waals surface area contributed by atoms with Crippen LogP contribution in [0.4, 0.5) is 0 Å². The van der Waals surface area contributed by atoms with E-state index in [2.05, 4.69) is 0 Å². The van der Waals surface area contributed by atoms with Gasteiger partial charge in [0.05, 0.1) is 6.42 Å². The first-order chi connectivity index (χ1) is 11.8. The van der Waals surface area contributed by atoms with E-state index in [0.717, 1.165) is 16.5 Å². The molecule has 0 radical (unpaired) electrons. The molecule has 1 saturated heterocycles. The molecule has 3 rings (SSSR count). The van der Waals surface area contributed by atoms with E-state index in [9.17, 15) is 13.2 Å². The highest BCUT2D eigenvalue weighted by molar-refractivity contribution is 7.86. The van der Waals surface area contributed by atoms with Crippen molar-refractivity contribution >= 4 is 27.0 Å². The van der Waals surface area contributed by atoms with Crippen LogP contribution in [-0.2, 0) is 28.5 Å². The van der Waals surface area contributed by atoms with E-state index in [1.807, 2.05) is 42.1 Å². The smallest absolute Gasteiger partial charge is 0.281 e. The molecule has 8 heteroatoms. The minimum Gasteiger partial charge on any atom is -0.350 e. The summed E-state index contributed by atoms with van der Waals surface area (Å²) in [7, 11) is 1.61. The van der Waals surface area contributed by atoms with Crippen molar-refractivity contribution in [3.8, 4) is 0 Å². The lowest BCUT2D eigenvalue weighted by atomic mass is 10.1. The summed E-state index contributed by atoms with van der Waals surface area (Å²) in [4.78, 5) is 14.4. The van der Waals surface area contributed by atoms with Gasteiger partial charge >= 0.3 is 0 Å². The number of carbonyl (C=O) groups excluding carboxylic acids is 1. The lowest BCUT2D eigenvalue weighted by Crippen LogP contribution is -2.53. The number of rotatable bonds is 4. The highest BCUT2D eigenvalue weighted by atomic mass is 32.2. The van der Waals surface area contributed by atoms with Crippen LogP contribution in [0.2, 0.25) is 0 Å². The van der Waals surface area contributed by atoms with E-state index in [0.29, 0.717) is 32.6 Å². The quantitative estimate of drug-likeness (QED) is 0.801. The Morgan fingerprint density at radius 1 is 1.12 bits per heavy atom. The number of hydrogen-bond acceptors (Lipinski definition) is 3. The summed E-state index contributed by atoms with van der Waals surface area (Å²) >= 11 is 0. The molecule has 1 aromatic carbocycles. The molecular weight excluding hydrogens is 340 g/mol. The lowest BCUT2D eigenvalue weighted by Gasteiger charge is -2.35. The van der Waals surface area contributed by atoms with Crippen LogP contribution >= 0.6 is 0 Å². The Morgan fingerprint density at radius 2 is 1.76 bits per heavy atom. The van der Waals surface area contributed by atoms with Gasteiger partial charge in [0.1, 0.15) is 0 Å². The number of carbonyl (C=O) groups is 1. The molecule has 0 saturated carbocycles. The zero-order valence-electron chi connectivity index (χ0n) is 14.8. The summed E-state index contributed by atoms with van der Waals surface area (Å²) in [6.45, 7) is 1.52. The Balaban J connectivity index is 1.67. The van der Waals surface area contributed by atoms with Crippen molar-refractivity contribution < 1.29 is 13.2 Å². The number of fused-ring (bicyclic) bond motifs is 1. The fourth-order valence-electron chi connectivity index (χ4n) is 3.24. The van der Waals surface area contributed by atoms with Gasteiger partial charge in [0.2, 0.25) is 5.91 Å². The Bertz CT molecular complexity index is 880. The molecule has 2 aromatic rings. The molecule has 0 aliphatic carbocycles. The van der Waals surface area contributed by atoms with Crippen LogP contribution < -0.4 is 0 Å². The predicted molar refractivity (Wildman–Crippen MR) is 97.4 cm³/mol. The van der Waals surface area contributed by atoms with E-state index < -0.39 is 10.2 Å². The minimum atomic E-state index is -3.41. The van der Waals surface area contributed by atoms with E-state index in [1.54, 1.807) is 4.90 Å². The molecule has 0 bridgehead atoms. The number of nitrogens with zero attached hydrogens (tertiary/aromatic N) is 4. The Morgan fingerprint density at radius 3 is 2.40 bits per heavy atom. The van der Waals surface area contributed by atoms with Gasteiger partial charge in [-0.15, -0.1) is 0 Å². The van der Waals surface area contributed by atoms with Crippen LogP contribution in [0.3, 0.4) is 0 Å². The lowest BCUT2D eigenvalue weighted by molar-refractivity contribution is -0.131. The third-order valence-corrected chi connectivity index (χ3v) is 6.64. The van der Waals surface area contributed by atoms with Gasteiger partial charge in [0, 0.05) is 64.4 Å². The first kappa shape index (κ1) is 17.9. The highest BCUT2D eigenvalue weighted by Crippen LogP contribution is 2.21. The van der Waals surface area contributed by atoms with Gasteiger partial charge in [-0.05, 0) is 11.6 Å². The molecule has 136 valence electrons. The Hall–Kier alpha value is -1.90. The maximum Gasteiger partial charge on any atom is 0.281 e. The molecule has 0 atom stereocenters. The summed E-state index contributed by atoms with van der Waals surface area (Å²) in [5.74, 6) is 0.0401. The molecule has 1 amide bonds. The van der Waals surface area contributed by atoms with Crippen molar-refractivity contribution in [3.05, 3.63) is 36.0 Å². The van der Waals surface area contributed by atoms with Crippen molar-refractivity contribution in [2.24, 2.45) is 7.05 Å². The Labute approximate surface area is 148 Å². The van der Waals surface area contributed by atoms with Gasteiger partial charge in [-0.25, -0.2) is 0 Å². The van der Waals surface area contributed by atoms with Crippen molar-refractivity contribution in [3.63, 3.8) is 0 Å². The van der Waals surface area contributed by atoms with Gasteiger partial charge in [-0.1, -0.05) is 18.2 Å². The number of aryl methyl sites for hydroxylation is 1. The number of hydrogen-bond donors (Lipinski definition) is 0. The molecular formula is C17H24N4O3S. The van der Waals surface area contributed by atoms with Crippen molar-refractivity contribution in [1.82, 2.24) is 18.1 Å². The maximum absolute atomic E-state index is 12.6. The monoisotopic (exact) mass is 364 g/mol. The zero-order chi connectivity index (χ0) is 18.2. The molecule has 1 aliphatic rings. The van der Waals surface area contributed by atoms with Crippen LogP contribution in [-0.4, -0.2) is 72.7 Å². The van der Waals surface area contributed by atoms with Crippen molar-refractivity contribution in [2.45, 2.75) is 6.42 Å². The molecule has 25 heavy (non-hydrogen) atoms. The second kappa shape index (κ2) is 6.78. The van der Waals surface area contributed by atoms with Crippen LogP contribution in [0.1, 0.15) is 5.56 Å². The van der Waals surface area contributed by atoms with Crippen LogP contribution in [0, 0.1) is 0 Å². The Kier molecular flexibility index (Phi) is 4.86. The summed E-state index contributed by atoms with van der Waals surface area (Å²) in [5, 5.41) is 1.09. The summed E-state index contributed by atoms with van der Waals surface area (Å²) < 4.78 is 29.0. The largest absolute Gasteiger partial charge is 0.350 e. The topological polar surface area (TPSA) is 65.9 Å². The van der Waals surface area contributed by atoms with Gasteiger partial charge in [0.15, 0.2) is 0 Å². The maximum atomic E-state index is 12.6. The number of aromatic nitrogens is 1. The molecule has 0 unspecified atom stereocenters. The molecule has 0 N–H and O–H groups in total. The first-order valence-corrected chi connectivity index (χ1v) is 9.68. The molecule has 0 spiro atoms. The fourth-order valence-corrected chi connectivity index (χ4v) is 4.33. The van der Waals surface area contributed by atoms with Crippen LogP contribution in [0.15, 0.2) is 30.5 Å². The second-order valence-electron chi connectivity index (χ2n) is 6.53. The number of para-hydroxylation sites is 1. The van der Waals surface area contributed by atoms with Gasteiger partial charge in [-0.2, -0.15) is 17.0 Å². The molecule has 1 fully saturated rings. The van der Waals surface area contributed by atoms with Crippen LogP contribution in [0.25, 0.3) is 10.9 Å². The molecule has 1 aromatic heterocycles. The third kappa shape index (κ3) is 3.42. The molecule has 7 nitrogen and oxygen atoms in total. The first-order valence-electron chi connectivity index (χ1n) is 8.29. The standard InChI is InChI=1S/C17H24N4O3S/c1-18(2)25(23,24)21-10-8-20(9-11-21)17(22)12-14-13-19(3)16-7-5-4-6-15(14)16/h4-7,13H,8-12H2,1-3H3. The normalized spacial score (nSPS) is 16.7. The van der Waals surface area contributed by atoms with E-state index in [-0.39, 0.29) is 5.91 Å². The molecule has 1 aliphatic heterocycles. The van der Waals surface area contributed by atoms with Gasteiger partial charge in [-0.3, -0.25) is 4.79 Å². The highest BCUT2D eigenvalue weighted by Gasteiger charge is 2.30. The second-order valence-corrected chi connectivity index (χ2v) is 8.67. The van der Waals surface area contributed by atoms with Gasteiger partial charge in [0.25, 0.3) is 10.2 Å². The third-order valence-electron chi connectivity index (χ3n) is 4.70. The number of benzene rings is 1. The summed E-state index contributed by atoms with van der Waals surface area (Å²) in [6, 6.07) is 8.02. The number of amides is 1. The van der Waals surface area contributed by atoms with E-state index in [4.69, 9.17) is 0 Å².